The van der Waals surface area contributed by atoms with E-state index in [-0.39, 0.29) is 6.03 Å². The lowest BCUT2D eigenvalue weighted by Gasteiger charge is -2.07. The van der Waals surface area contributed by atoms with Crippen LogP contribution >= 0.6 is 0 Å². The minimum Gasteiger partial charge on any atom is -0.308 e. The zero-order valence-electron chi connectivity index (χ0n) is 10.2. The van der Waals surface area contributed by atoms with E-state index in [1.807, 2.05) is 0 Å². The number of anilines is 2. The van der Waals surface area contributed by atoms with E-state index in [1.165, 1.54) is 0 Å². The van der Waals surface area contributed by atoms with Gasteiger partial charge in [-0.2, -0.15) is 0 Å². The molecule has 0 bridgehead atoms. The summed E-state index contributed by atoms with van der Waals surface area (Å²) in [6.45, 7) is 0. The van der Waals surface area contributed by atoms with Gasteiger partial charge in [-0.25, -0.2) is 9.78 Å². The van der Waals surface area contributed by atoms with Gasteiger partial charge in [0.2, 0.25) is 0 Å². The fourth-order valence-corrected chi connectivity index (χ4v) is 1.54. The number of pyridine rings is 1. The lowest BCUT2D eigenvalue weighted by molar-refractivity contribution is -0.107. The third-order valence-corrected chi connectivity index (χ3v) is 2.44. The van der Waals surface area contributed by atoms with Gasteiger partial charge >= 0.3 is 6.03 Å². The summed E-state index contributed by atoms with van der Waals surface area (Å²) < 4.78 is 0. The minimum absolute atomic E-state index is 0.359. The van der Waals surface area contributed by atoms with Crippen LogP contribution < -0.4 is 10.6 Å². The molecular weight excluding hydrogens is 242 g/mol. The van der Waals surface area contributed by atoms with Gasteiger partial charge in [0.05, 0.1) is 0 Å². The first-order valence-corrected chi connectivity index (χ1v) is 5.79. The highest BCUT2D eigenvalue weighted by atomic mass is 16.2. The fraction of sp³-hybridized carbons (Fsp3) is 0.0714. The molecule has 2 N–H and O–H groups in total. The maximum Gasteiger partial charge on any atom is 0.324 e. The van der Waals surface area contributed by atoms with Gasteiger partial charge in [-0.1, -0.05) is 18.2 Å². The second-order valence-electron chi connectivity index (χ2n) is 3.86. The standard InChI is InChI=1S/C14H13N3O2/c18-10-8-11-4-6-12(7-5-11)16-14(19)17-13-3-1-2-9-15-13/h1-7,9-10H,8H2,(H2,15,16,17,19). The SMILES string of the molecule is O=CCc1ccc(NC(=O)Nc2ccccn2)cc1. The lowest BCUT2D eigenvalue weighted by atomic mass is 10.1. The van der Waals surface area contributed by atoms with E-state index in [4.69, 9.17) is 0 Å². The number of aromatic nitrogens is 1. The molecule has 2 amide bonds. The number of urea groups is 1. The second-order valence-corrected chi connectivity index (χ2v) is 3.86. The van der Waals surface area contributed by atoms with E-state index < -0.39 is 0 Å². The smallest absolute Gasteiger partial charge is 0.308 e. The van der Waals surface area contributed by atoms with Crippen LogP contribution in [0.4, 0.5) is 16.3 Å². The number of amides is 2. The molecule has 1 aromatic heterocycles. The second kappa shape index (κ2) is 6.30. The van der Waals surface area contributed by atoms with Crippen LogP contribution in [0.1, 0.15) is 5.56 Å². The predicted octanol–water partition coefficient (Wildman–Crippen LogP) is 2.47. The van der Waals surface area contributed by atoms with Gasteiger partial charge < -0.3 is 10.1 Å². The average Bonchev–Trinajstić information content (AvgIpc) is 2.42. The molecule has 96 valence electrons. The predicted molar refractivity (Wildman–Crippen MR) is 73.1 cm³/mol. The number of carbonyl (C=O) groups is 2. The zero-order valence-corrected chi connectivity index (χ0v) is 10.2. The van der Waals surface area contributed by atoms with Gasteiger partial charge in [0.15, 0.2) is 0 Å². The molecule has 0 aliphatic heterocycles. The Labute approximate surface area is 110 Å². The van der Waals surface area contributed by atoms with Crippen molar-refractivity contribution in [1.82, 2.24) is 4.98 Å². The molecule has 2 aromatic rings. The maximum atomic E-state index is 11.7. The molecule has 0 radical (unpaired) electrons. The monoisotopic (exact) mass is 255 g/mol. The topological polar surface area (TPSA) is 71.1 Å². The number of hydrogen-bond donors (Lipinski definition) is 2. The summed E-state index contributed by atoms with van der Waals surface area (Å²) in [5, 5.41) is 5.29. The Balaban J connectivity index is 1.93. The van der Waals surface area contributed by atoms with Crippen LogP contribution in [-0.4, -0.2) is 17.3 Å². The molecule has 0 atom stereocenters. The highest BCUT2D eigenvalue weighted by Gasteiger charge is 2.02. The number of carbonyl (C=O) groups excluding carboxylic acids is 2. The minimum atomic E-state index is -0.359. The summed E-state index contributed by atoms with van der Waals surface area (Å²) in [4.78, 5) is 26.0. The number of aldehydes is 1. The van der Waals surface area contributed by atoms with Gasteiger partial charge in [-0.15, -0.1) is 0 Å². The van der Waals surface area contributed by atoms with E-state index in [0.29, 0.717) is 17.9 Å². The third-order valence-electron chi connectivity index (χ3n) is 2.44. The highest BCUT2D eigenvalue weighted by Crippen LogP contribution is 2.10. The largest absolute Gasteiger partial charge is 0.324 e. The molecule has 1 aromatic carbocycles. The summed E-state index contributed by atoms with van der Waals surface area (Å²) in [5.41, 5.74) is 1.56. The molecule has 0 fully saturated rings. The van der Waals surface area contributed by atoms with Crippen LogP contribution in [0.25, 0.3) is 0 Å². The molecule has 5 nitrogen and oxygen atoms in total. The van der Waals surface area contributed by atoms with Gasteiger partial charge in [0, 0.05) is 18.3 Å². The highest BCUT2D eigenvalue weighted by molar-refractivity contribution is 5.99. The molecule has 0 spiro atoms. The Morgan fingerprint density at radius 1 is 1.11 bits per heavy atom. The summed E-state index contributed by atoms with van der Waals surface area (Å²) in [6, 6.07) is 12.0. The van der Waals surface area contributed by atoms with Crippen LogP contribution in [0.15, 0.2) is 48.7 Å². The molecule has 0 saturated carbocycles. The van der Waals surface area contributed by atoms with Crippen LogP contribution in [0.3, 0.4) is 0 Å². The van der Waals surface area contributed by atoms with Crippen LogP contribution in [0, 0.1) is 0 Å². The Morgan fingerprint density at radius 2 is 1.89 bits per heavy atom. The molecule has 0 saturated heterocycles. The lowest BCUT2D eigenvalue weighted by Crippen LogP contribution is -2.19. The fourth-order valence-electron chi connectivity index (χ4n) is 1.54. The van der Waals surface area contributed by atoms with Crippen molar-refractivity contribution in [3.63, 3.8) is 0 Å². The van der Waals surface area contributed by atoms with Crippen molar-refractivity contribution in [3.8, 4) is 0 Å². The molecular formula is C14H13N3O2. The number of nitrogens with one attached hydrogen (secondary N) is 2. The Kier molecular flexibility index (Phi) is 4.23. The van der Waals surface area contributed by atoms with E-state index >= 15 is 0 Å². The van der Waals surface area contributed by atoms with Crippen molar-refractivity contribution in [2.24, 2.45) is 0 Å². The first kappa shape index (κ1) is 12.8. The quantitative estimate of drug-likeness (QED) is 0.824. The van der Waals surface area contributed by atoms with Crippen molar-refractivity contribution in [2.45, 2.75) is 6.42 Å². The van der Waals surface area contributed by atoms with E-state index in [0.717, 1.165) is 11.8 Å². The normalized spacial score (nSPS) is 9.68. The van der Waals surface area contributed by atoms with E-state index in [9.17, 15) is 9.59 Å². The average molecular weight is 255 g/mol. The van der Waals surface area contributed by atoms with Gasteiger partial charge in [-0.3, -0.25) is 5.32 Å². The summed E-state index contributed by atoms with van der Waals surface area (Å²) >= 11 is 0. The maximum absolute atomic E-state index is 11.7. The molecule has 0 aliphatic rings. The third kappa shape index (κ3) is 3.92. The number of nitrogens with zero attached hydrogens (tertiary/aromatic N) is 1. The van der Waals surface area contributed by atoms with E-state index in [2.05, 4.69) is 15.6 Å². The summed E-state index contributed by atoms with van der Waals surface area (Å²) in [6.07, 6.45) is 2.82. The molecule has 19 heavy (non-hydrogen) atoms. The molecule has 2 rings (SSSR count). The van der Waals surface area contributed by atoms with Crippen molar-refractivity contribution in [2.75, 3.05) is 10.6 Å². The summed E-state index contributed by atoms with van der Waals surface area (Å²) in [7, 11) is 0. The van der Waals surface area contributed by atoms with Crippen LogP contribution in [-0.2, 0) is 11.2 Å². The first-order chi connectivity index (χ1) is 9.28. The molecule has 0 unspecified atom stereocenters. The van der Waals surface area contributed by atoms with Crippen LogP contribution in [0.2, 0.25) is 0 Å². The molecule has 0 aliphatic carbocycles. The number of rotatable bonds is 4. The van der Waals surface area contributed by atoms with Crippen molar-refractivity contribution < 1.29 is 9.59 Å². The number of benzene rings is 1. The number of hydrogen-bond acceptors (Lipinski definition) is 3. The first-order valence-electron chi connectivity index (χ1n) is 5.79. The van der Waals surface area contributed by atoms with Gasteiger partial charge in [-0.05, 0) is 29.8 Å². The Morgan fingerprint density at radius 3 is 2.53 bits per heavy atom. The van der Waals surface area contributed by atoms with Crippen molar-refractivity contribution >= 4 is 23.8 Å². The van der Waals surface area contributed by atoms with Crippen molar-refractivity contribution in [3.05, 3.63) is 54.2 Å². The van der Waals surface area contributed by atoms with Crippen molar-refractivity contribution in [1.29, 1.82) is 0 Å². The Bertz CT molecular complexity index is 553. The van der Waals surface area contributed by atoms with Gasteiger partial charge in [0.25, 0.3) is 0 Å². The molecule has 5 heteroatoms. The van der Waals surface area contributed by atoms with E-state index in [1.54, 1.807) is 48.7 Å². The van der Waals surface area contributed by atoms with Gasteiger partial charge in [0.1, 0.15) is 12.1 Å². The summed E-state index contributed by atoms with van der Waals surface area (Å²) in [5.74, 6) is 0.484. The van der Waals surface area contributed by atoms with Crippen LogP contribution in [0.5, 0.6) is 0 Å². The molecule has 1 heterocycles. The Hall–Kier alpha value is -2.69. The zero-order chi connectivity index (χ0) is 13.5.